The van der Waals surface area contributed by atoms with Gasteiger partial charge < -0.3 is 4.90 Å². The molecular formula is C24H25ClN4O3S. The van der Waals surface area contributed by atoms with Crippen LogP contribution in [0.15, 0.2) is 78.0 Å². The van der Waals surface area contributed by atoms with Crippen LogP contribution in [0.25, 0.3) is 0 Å². The van der Waals surface area contributed by atoms with E-state index in [1.54, 1.807) is 47.5 Å². The quantitative estimate of drug-likeness (QED) is 0.535. The fraction of sp³-hybridized carbons (Fsp3) is 0.250. The minimum Gasteiger partial charge on any atom is -0.336 e. The van der Waals surface area contributed by atoms with Gasteiger partial charge in [0.1, 0.15) is 0 Å². The van der Waals surface area contributed by atoms with Crippen molar-refractivity contribution in [3.8, 4) is 0 Å². The Balaban J connectivity index is 1.45. The maximum Gasteiger partial charge on any atom is 0.264 e. The molecule has 0 unspecified atom stereocenters. The van der Waals surface area contributed by atoms with E-state index in [0.717, 1.165) is 25.2 Å². The van der Waals surface area contributed by atoms with Crippen molar-refractivity contribution < 1.29 is 13.2 Å². The van der Waals surface area contributed by atoms with E-state index in [4.69, 9.17) is 11.6 Å². The Labute approximate surface area is 199 Å². The van der Waals surface area contributed by atoms with E-state index in [1.165, 1.54) is 23.5 Å². The highest BCUT2D eigenvalue weighted by molar-refractivity contribution is 7.92. The molecule has 1 aromatic heterocycles. The molecule has 1 saturated heterocycles. The molecule has 4 rings (SSSR count). The second-order valence-electron chi connectivity index (χ2n) is 7.91. The highest BCUT2D eigenvalue weighted by atomic mass is 35.5. The summed E-state index contributed by atoms with van der Waals surface area (Å²) in [6, 6.07) is 16.8. The second kappa shape index (κ2) is 9.91. The summed E-state index contributed by atoms with van der Waals surface area (Å²) in [5.74, 6) is -0.168. The molecule has 0 radical (unpaired) electrons. The number of piperazine rings is 1. The number of anilines is 1. The van der Waals surface area contributed by atoms with Crippen molar-refractivity contribution >= 4 is 33.2 Å². The third-order valence-electron chi connectivity index (χ3n) is 5.70. The Bertz CT molecular complexity index is 1230. The second-order valence-corrected chi connectivity index (χ2v) is 10.3. The van der Waals surface area contributed by atoms with Gasteiger partial charge in [-0.1, -0.05) is 29.8 Å². The van der Waals surface area contributed by atoms with Crippen molar-refractivity contribution in [3.63, 3.8) is 0 Å². The van der Waals surface area contributed by atoms with Gasteiger partial charge in [0.2, 0.25) is 0 Å². The lowest BCUT2D eigenvalue weighted by molar-refractivity contribution is 0.0628. The Morgan fingerprint density at radius 2 is 1.79 bits per heavy atom. The summed E-state index contributed by atoms with van der Waals surface area (Å²) in [4.78, 5) is 21.4. The number of nitrogens with zero attached hydrogens (tertiary/aromatic N) is 4. The standard InChI is InChI=1S/C24H25ClN4O3S/c1-27(22-8-3-7-21(25)16-22)33(31,32)23-9-2-6-20(15-23)24(30)29-13-11-28(12-14-29)18-19-5-4-10-26-17-19/h2-10,15-17H,11-14,18H2,1H3. The van der Waals surface area contributed by atoms with Crippen LogP contribution in [0.3, 0.4) is 0 Å². The van der Waals surface area contributed by atoms with Crippen LogP contribution in [0, 0.1) is 0 Å². The molecule has 33 heavy (non-hydrogen) atoms. The van der Waals surface area contributed by atoms with Crippen LogP contribution in [0.1, 0.15) is 15.9 Å². The van der Waals surface area contributed by atoms with Crippen LogP contribution in [0.5, 0.6) is 0 Å². The molecular weight excluding hydrogens is 460 g/mol. The molecule has 0 atom stereocenters. The predicted octanol–water partition coefficient (Wildman–Crippen LogP) is 3.52. The number of amides is 1. The zero-order valence-electron chi connectivity index (χ0n) is 18.3. The summed E-state index contributed by atoms with van der Waals surface area (Å²) in [6.45, 7) is 3.45. The molecule has 1 fully saturated rings. The van der Waals surface area contributed by atoms with Crippen molar-refractivity contribution in [1.82, 2.24) is 14.8 Å². The first kappa shape index (κ1) is 23.2. The summed E-state index contributed by atoms with van der Waals surface area (Å²) in [5.41, 5.74) is 1.94. The molecule has 0 aliphatic carbocycles. The lowest BCUT2D eigenvalue weighted by Gasteiger charge is -2.34. The molecule has 172 valence electrons. The number of hydrogen-bond acceptors (Lipinski definition) is 5. The van der Waals surface area contributed by atoms with Crippen LogP contribution in [0.2, 0.25) is 5.02 Å². The molecule has 7 nitrogen and oxygen atoms in total. The number of rotatable bonds is 6. The fourth-order valence-electron chi connectivity index (χ4n) is 3.80. The molecule has 1 amide bonds. The van der Waals surface area contributed by atoms with Crippen molar-refractivity contribution in [1.29, 1.82) is 0 Å². The van der Waals surface area contributed by atoms with E-state index in [2.05, 4.69) is 9.88 Å². The Hall–Kier alpha value is -2.94. The highest BCUT2D eigenvalue weighted by Crippen LogP contribution is 2.25. The predicted molar refractivity (Wildman–Crippen MR) is 129 cm³/mol. The van der Waals surface area contributed by atoms with Crippen molar-refractivity contribution in [2.75, 3.05) is 37.5 Å². The molecule has 9 heteroatoms. The first-order chi connectivity index (χ1) is 15.8. The van der Waals surface area contributed by atoms with Crippen LogP contribution in [-0.2, 0) is 16.6 Å². The monoisotopic (exact) mass is 484 g/mol. The molecule has 2 aromatic carbocycles. The third-order valence-corrected chi connectivity index (χ3v) is 7.72. The first-order valence-corrected chi connectivity index (χ1v) is 12.4. The molecule has 0 saturated carbocycles. The molecule has 3 aromatic rings. The van der Waals surface area contributed by atoms with E-state index in [9.17, 15) is 13.2 Å². The maximum absolute atomic E-state index is 13.2. The van der Waals surface area contributed by atoms with E-state index in [0.29, 0.717) is 29.4 Å². The minimum atomic E-state index is -3.85. The summed E-state index contributed by atoms with van der Waals surface area (Å²) in [5, 5.41) is 0.446. The van der Waals surface area contributed by atoms with Crippen LogP contribution >= 0.6 is 11.6 Å². The Kier molecular flexibility index (Phi) is 6.97. The number of halogens is 1. The van der Waals surface area contributed by atoms with Gasteiger partial charge in [-0.2, -0.15) is 0 Å². The number of hydrogen-bond donors (Lipinski definition) is 0. The van der Waals surface area contributed by atoms with Crippen molar-refractivity contribution in [2.45, 2.75) is 11.4 Å². The summed E-state index contributed by atoms with van der Waals surface area (Å²) < 4.78 is 27.5. The fourth-order valence-corrected chi connectivity index (χ4v) is 5.22. The van der Waals surface area contributed by atoms with Gasteiger partial charge in [0.25, 0.3) is 15.9 Å². The number of carbonyl (C=O) groups is 1. The third kappa shape index (κ3) is 5.35. The van der Waals surface area contributed by atoms with Crippen molar-refractivity contribution in [2.24, 2.45) is 0 Å². The summed E-state index contributed by atoms with van der Waals surface area (Å²) in [7, 11) is -2.38. The number of sulfonamides is 1. The van der Waals surface area contributed by atoms with Gasteiger partial charge >= 0.3 is 0 Å². The van der Waals surface area contributed by atoms with Gasteiger partial charge in [-0.15, -0.1) is 0 Å². The lowest BCUT2D eigenvalue weighted by atomic mass is 10.1. The molecule has 1 aliphatic heterocycles. The lowest BCUT2D eigenvalue weighted by Crippen LogP contribution is -2.48. The number of carbonyl (C=O) groups excluding carboxylic acids is 1. The summed E-state index contributed by atoms with van der Waals surface area (Å²) >= 11 is 6.02. The van der Waals surface area contributed by atoms with Gasteiger partial charge in [0.05, 0.1) is 10.6 Å². The van der Waals surface area contributed by atoms with Gasteiger partial charge in [-0.25, -0.2) is 8.42 Å². The van der Waals surface area contributed by atoms with E-state index in [-0.39, 0.29) is 10.8 Å². The molecule has 2 heterocycles. The van der Waals surface area contributed by atoms with Crippen LogP contribution < -0.4 is 4.31 Å². The normalized spacial score (nSPS) is 14.8. The average Bonchev–Trinajstić information content (AvgIpc) is 2.84. The summed E-state index contributed by atoms with van der Waals surface area (Å²) in [6.07, 6.45) is 3.60. The average molecular weight is 485 g/mol. The topological polar surface area (TPSA) is 73.8 Å². The number of pyridine rings is 1. The minimum absolute atomic E-state index is 0.0611. The SMILES string of the molecule is CN(c1cccc(Cl)c1)S(=O)(=O)c1cccc(C(=O)N2CCN(Cc3cccnc3)CC2)c1. The Morgan fingerprint density at radius 3 is 2.48 bits per heavy atom. The number of aromatic nitrogens is 1. The smallest absolute Gasteiger partial charge is 0.264 e. The first-order valence-electron chi connectivity index (χ1n) is 10.6. The van der Waals surface area contributed by atoms with E-state index in [1.807, 2.05) is 18.3 Å². The zero-order valence-corrected chi connectivity index (χ0v) is 19.8. The van der Waals surface area contributed by atoms with Gasteiger partial charge in [0, 0.05) is 62.8 Å². The largest absolute Gasteiger partial charge is 0.336 e. The van der Waals surface area contributed by atoms with Gasteiger partial charge in [0.15, 0.2) is 0 Å². The molecule has 1 aliphatic rings. The molecule has 0 N–H and O–H groups in total. The number of benzene rings is 2. The Morgan fingerprint density at radius 1 is 1.03 bits per heavy atom. The van der Waals surface area contributed by atoms with Gasteiger partial charge in [-0.05, 0) is 48.0 Å². The van der Waals surface area contributed by atoms with E-state index < -0.39 is 10.0 Å². The van der Waals surface area contributed by atoms with E-state index >= 15 is 0 Å². The van der Waals surface area contributed by atoms with Gasteiger partial charge in [-0.3, -0.25) is 19.0 Å². The van der Waals surface area contributed by atoms with Crippen LogP contribution in [0.4, 0.5) is 5.69 Å². The molecule has 0 bridgehead atoms. The molecule has 0 spiro atoms. The van der Waals surface area contributed by atoms with Crippen LogP contribution in [-0.4, -0.2) is 62.3 Å². The van der Waals surface area contributed by atoms with Crippen molar-refractivity contribution in [3.05, 3.63) is 89.2 Å². The zero-order chi connectivity index (χ0) is 23.4. The maximum atomic E-state index is 13.2. The highest BCUT2D eigenvalue weighted by Gasteiger charge is 2.26.